The summed E-state index contributed by atoms with van der Waals surface area (Å²) in [5, 5.41) is 3.52. The molecule has 0 aromatic heterocycles. The lowest BCUT2D eigenvalue weighted by atomic mass is 9.89. The van der Waals surface area contributed by atoms with Crippen LogP contribution in [0.4, 0.5) is 0 Å². The zero-order valence-electron chi connectivity index (χ0n) is 13.2. The number of fused-ring (bicyclic) bond motifs is 1. The van der Waals surface area contributed by atoms with E-state index in [4.69, 9.17) is 4.74 Å². The minimum absolute atomic E-state index is 0.225. The largest absolute Gasteiger partial charge is 0.374 e. The van der Waals surface area contributed by atoms with Crippen molar-refractivity contribution in [3.63, 3.8) is 0 Å². The topological polar surface area (TPSA) is 21.3 Å². The molecule has 0 saturated heterocycles. The molecule has 0 aliphatic heterocycles. The molecule has 2 nitrogen and oxygen atoms in total. The molecule has 0 heterocycles. The van der Waals surface area contributed by atoms with Crippen LogP contribution in [-0.2, 0) is 11.2 Å². The average molecular weight is 275 g/mol. The monoisotopic (exact) mass is 275 g/mol. The molecule has 0 amide bonds. The first-order chi connectivity index (χ1) is 9.56. The molecule has 0 saturated carbocycles. The van der Waals surface area contributed by atoms with Gasteiger partial charge in [0.25, 0.3) is 0 Å². The number of hydrogen-bond donors (Lipinski definition) is 1. The third-order valence-electron chi connectivity index (χ3n) is 3.86. The van der Waals surface area contributed by atoms with Gasteiger partial charge in [0, 0.05) is 12.1 Å². The van der Waals surface area contributed by atoms with E-state index in [1.54, 1.807) is 0 Å². The summed E-state index contributed by atoms with van der Waals surface area (Å²) in [4.78, 5) is 0. The summed E-state index contributed by atoms with van der Waals surface area (Å²) in [5.41, 5.74) is 3.13. The fourth-order valence-corrected chi connectivity index (χ4v) is 2.80. The summed E-state index contributed by atoms with van der Waals surface area (Å²) >= 11 is 0. The molecule has 1 N–H and O–H groups in total. The highest BCUT2D eigenvalue weighted by Gasteiger charge is 2.19. The summed E-state index contributed by atoms with van der Waals surface area (Å²) in [7, 11) is 0. The molecule has 2 rings (SSSR count). The molecular weight excluding hydrogens is 246 g/mol. The summed E-state index contributed by atoms with van der Waals surface area (Å²) < 4.78 is 6.11. The molecule has 0 radical (unpaired) electrons. The molecule has 112 valence electrons. The second-order valence-electron chi connectivity index (χ2n) is 6.83. The predicted octanol–water partition coefficient (Wildman–Crippen LogP) is 4.25. The Morgan fingerprint density at radius 2 is 2.00 bits per heavy atom. The van der Waals surface area contributed by atoms with Crippen LogP contribution >= 0.6 is 0 Å². The van der Waals surface area contributed by atoms with Crippen molar-refractivity contribution in [1.29, 1.82) is 0 Å². The molecule has 0 fully saturated rings. The van der Waals surface area contributed by atoms with Crippen LogP contribution in [-0.4, -0.2) is 18.7 Å². The van der Waals surface area contributed by atoms with Crippen LogP contribution < -0.4 is 5.32 Å². The molecule has 0 spiro atoms. The lowest BCUT2D eigenvalue weighted by Crippen LogP contribution is -2.36. The van der Waals surface area contributed by atoms with Gasteiger partial charge in [-0.25, -0.2) is 0 Å². The predicted molar refractivity (Wildman–Crippen MR) is 85.1 cm³/mol. The summed E-state index contributed by atoms with van der Waals surface area (Å²) in [6, 6.07) is 8.76. The quantitative estimate of drug-likeness (QED) is 0.784. The molecule has 0 bridgehead atoms. The van der Waals surface area contributed by atoms with Crippen molar-refractivity contribution < 1.29 is 4.74 Å². The highest BCUT2D eigenvalue weighted by molar-refractivity contribution is 5.31. The Morgan fingerprint density at radius 1 is 1.20 bits per heavy atom. The lowest BCUT2D eigenvalue weighted by molar-refractivity contribution is 0.0383. The van der Waals surface area contributed by atoms with Crippen molar-refractivity contribution in [2.45, 2.75) is 64.5 Å². The normalized spacial score (nSPS) is 18.9. The van der Waals surface area contributed by atoms with Gasteiger partial charge in [-0.3, -0.25) is 0 Å². The Bertz CT molecular complexity index is 408. The van der Waals surface area contributed by atoms with Crippen LogP contribution in [0.5, 0.6) is 0 Å². The van der Waals surface area contributed by atoms with Gasteiger partial charge in [-0.2, -0.15) is 0 Å². The Hall–Kier alpha value is -0.860. The first-order valence-electron chi connectivity index (χ1n) is 8.01. The number of unbranched alkanes of at least 4 members (excludes halogenated alkanes) is 1. The summed E-state index contributed by atoms with van der Waals surface area (Å²) in [6.07, 6.45) is 6.30. The fourth-order valence-electron chi connectivity index (χ4n) is 2.80. The third kappa shape index (κ3) is 4.92. The maximum Gasteiger partial charge on any atom is 0.0827 e. The van der Waals surface area contributed by atoms with Crippen LogP contribution in [0.2, 0.25) is 0 Å². The van der Waals surface area contributed by atoms with E-state index in [1.807, 2.05) is 0 Å². The highest BCUT2D eigenvalue weighted by atomic mass is 16.5. The summed E-state index contributed by atoms with van der Waals surface area (Å²) in [5.74, 6) is 0. The van der Waals surface area contributed by atoms with E-state index in [9.17, 15) is 0 Å². The van der Waals surface area contributed by atoms with E-state index in [2.05, 4.69) is 50.4 Å². The van der Waals surface area contributed by atoms with Crippen molar-refractivity contribution >= 4 is 0 Å². The Balaban J connectivity index is 1.68. The minimum atomic E-state index is 0.225. The fraction of sp³-hybridized carbons (Fsp3) is 0.667. The van der Waals surface area contributed by atoms with Crippen molar-refractivity contribution in [2.24, 2.45) is 0 Å². The zero-order chi connectivity index (χ0) is 14.4. The van der Waals surface area contributed by atoms with Gasteiger partial charge in [0.15, 0.2) is 0 Å². The van der Waals surface area contributed by atoms with E-state index < -0.39 is 0 Å². The Morgan fingerprint density at radius 3 is 2.80 bits per heavy atom. The van der Waals surface area contributed by atoms with Crippen LogP contribution in [0.25, 0.3) is 0 Å². The molecule has 1 aromatic rings. The maximum atomic E-state index is 6.11. The van der Waals surface area contributed by atoms with Crippen LogP contribution in [0.1, 0.15) is 63.7 Å². The first kappa shape index (κ1) is 15.5. The number of aryl methyl sites for hydroxylation is 1. The van der Waals surface area contributed by atoms with E-state index in [1.165, 1.54) is 36.8 Å². The van der Waals surface area contributed by atoms with Gasteiger partial charge in [0.05, 0.1) is 6.10 Å². The van der Waals surface area contributed by atoms with Gasteiger partial charge in [-0.15, -0.1) is 0 Å². The Kier molecular flexibility index (Phi) is 5.62. The average Bonchev–Trinajstić information content (AvgIpc) is 2.41. The van der Waals surface area contributed by atoms with E-state index in [-0.39, 0.29) is 5.54 Å². The van der Waals surface area contributed by atoms with Crippen molar-refractivity contribution in [1.82, 2.24) is 5.32 Å². The third-order valence-corrected chi connectivity index (χ3v) is 3.86. The van der Waals surface area contributed by atoms with Gasteiger partial charge >= 0.3 is 0 Å². The molecule has 1 aromatic carbocycles. The lowest BCUT2D eigenvalue weighted by Gasteiger charge is -2.26. The highest BCUT2D eigenvalue weighted by Crippen LogP contribution is 2.32. The van der Waals surface area contributed by atoms with E-state index in [0.717, 1.165) is 19.6 Å². The van der Waals surface area contributed by atoms with E-state index >= 15 is 0 Å². The molecule has 1 aliphatic carbocycles. The minimum Gasteiger partial charge on any atom is -0.374 e. The number of benzene rings is 1. The van der Waals surface area contributed by atoms with E-state index in [0.29, 0.717) is 6.10 Å². The van der Waals surface area contributed by atoms with Crippen molar-refractivity contribution in [3.8, 4) is 0 Å². The van der Waals surface area contributed by atoms with Crippen molar-refractivity contribution in [3.05, 3.63) is 35.4 Å². The maximum absolute atomic E-state index is 6.11. The summed E-state index contributed by atoms with van der Waals surface area (Å²) in [6.45, 7) is 8.59. The standard InChI is InChI=1S/C18H29NO/c1-18(2,3)19-13-6-7-14-20-17-12-8-10-15-9-4-5-11-16(15)17/h4-5,9,11,17,19H,6-8,10,12-14H2,1-3H3. The number of ether oxygens (including phenoxy) is 1. The first-order valence-corrected chi connectivity index (χ1v) is 8.01. The molecule has 1 unspecified atom stereocenters. The van der Waals surface area contributed by atoms with Gasteiger partial charge in [-0.1, -0.05) is 24.3 Å². The number of nitrogens with one attached hydrogen (secondary N) is 1. The SMILES string of the molecule is CC(C)(C)NCCCCOC1CCCc2ccccc21. The van der Waals surface area contributed by atoms with Crippen LogP contribution in [0.15, 0.2) is 24.3 Å². The number of hydrogen-bond acceptors (Lipinski definition) is 2. The number of rotatable bonds is 6. The molecule has 1 aliphatic rings. The molecule has 1 atom stereocenters. The smallest absolute Gasteiger partial charge is 0.0827 e. The van der Waals surface area contributed by atoms with Gasteiger partial charge in [0.1, 0.15) is 0 Å². The Labute approximate surface area is 123 Å². The second-order valence-corrected chi connectivity index (χ2v) is 6.83. The van der Waals surface area contributed by atoms with Gasteiger partial charge in [-0.05, 0) is 70.5 Å². The van der Waals surface area contributed by atoms with Gasteiger partial charge in [0.2, 0.25) is 0 Å². The molecular formula is C18H29NO. The van der Waals surface area contributed by atoms with Gasteiger partial charge < -0.3 is 10.1 Å². The van der Waals surface area contributed by atoms with Crippen LogP contribution in [0.3, 0.4) is 0 Å². The molecule has 20 heavy (non-hydrogen) atoms. The zero-order valence-corrected chi connectivity index (χ0v) is 13.2. The second kappa shape index (κ2) is 7.24. The molecule has 2 heteroatoms. The van der Waals surface area contributed by atoms with Crippen LogP contribution in [0, 0.1) is 0 Å². The van der Waals surface area contributed by atoms with Crippen molar-refractivity contribution in [2.75, 3.05) is 13.2 Å².